The van der Waals surface area contributed by atoms with Gasteiger partial charge in [0.2, 0.25) is 0 Å². The molecule has 4 nitrogen and oxygen atoms in total. The van der Waals surface area contributed by atoms with Crippen LogP contribution in [0.2, 0.25) is 0 Å². The zero-order chi connectivity index (χ0) is 16.0. The molecule has 3 aromatic rings. The smallest absolute Gasteiger partial charge is 0.261 e. The van der Waals surface area contributed by atoms with Crippen molar-refractivity contribution in [1.29, 1.82) is 0 Å². The van der Waals surface area contributed by atoms with E-state index in [2.05, 4.69) is 18.8 Å². The second-order valence-electron chi connectivity index (χ2n) is 6.43. The van der Waals surface area contributed by atoms with E-state index in [1.807, 2.05) is 41.0 Å². The summed E-state index contributed by atoms with van der Waals surface area (Å²) in [6.07, 6.45) is 2.81. The van der Waals surface area contributed by atoms with Crippen molar-refractivity contribution in [3.8, 4) is 11.3 Å². The van der Waals surface area contributed by atoms with Crippen LogP contribution in [0, 0.1) is 5.92 Å². The lowest BCUT2D eigenvalue weighted by molar-refractivity contribution is 0.340. The minimum Gasteiger partial charge on any atom is -0.296 e. The Morgan fingerprint density at radius 1 is 1.17 bits per heavy atom. The number of rotatable bonds is 1. The summed E-state index contributed by atoms with van der Waals surface area (Å²) in [6.45, 7) is 5.16. The van der Waals surface area contributed by atoms with E-state index in [0.717, 1.165) is 35.6 Å². The monoisotopic (exact) mass is 305 g/mol. The Bertz CT molecular complexity index is 930. The summed E-state index contributed by atoms with van der Waals surface area (Å²) in [5.74, 6) is 1.78. The second-order valence-corrected chi connectivity index (χ2v) is 6.43. The highest BCUT2D eigenvalue weighted by Gasteiger charge is 2.26. The number of benzene rings is 1. The summed E-state index contributed by atoms with van der Waals surface area (Å²) in [6, 6.07) is 11.6. The lowest BCUT2D eigenvalue weighted by Crippen LogP contribution is -2.32. The summed E-state index contributed by atoms with van der Waals surface area (Å²) in [4.78, 5) is 22.0. The van der Waals surface area contributed by atoms with Crippen LogP contribution in [0.4, 0.5) is 0 Å². The van der Waals surface area contributed by atoms with Gasteiger partial charge in [0.15, 0.2) is 0 Å². The first-order valence-electron chi connectivity index (χ1n) is 8.11. The molecule has 0 bridgehead atoms. The molecule has 23 heavy (non-hydrogen) atoms. The molecule has 0 fully saturated rings. The van der Waals surface area contributed by atoms with Crippen LogP contribution in [-0.4, -0.2) is 14.5 Å². The van der Waals surface area contributed by atoms with E-state index < -0.39 is 0 Å². The minimum absolute atomic E-state index is 0.0799. The normalized spacial score (nSPS) is 20.4. The van der Waals surface area contributed by atoms with Gasteiger partial charge in [-0.1, -0.05) is 26.0 Å². The highest BCUT2D eigenvalue weighted by atomic mass is 16.1. The van der Waals surface area contributed by atoms with Gasteiger partial charge in [-0.25, -0.2) is 4.98 Å². The van der Waals surface area contributed by atoms with Gasteiger partial charge in [0.25, 0.3) is 5.56 Å². The highest BCUT2D eigenvalue weighted by molar-refractivity contribution is 5.83. The summed E-state index contributed by atoms with van der Waals surface area (Å²) < 4.78 is 1.85. The van der Waals surface area contributed by atoms with Crippen LogP contribution in [0.25, 0.3) is 22.2 Å². The maximum absolute atomic E-state index is 12.8. The lowest BCUT2D eigenvalue weighted by atomic mass is 9.89. The highest BCUT2D eigenvalue weighted by Crippen LogP contribution is 2.31. The van der Waals surface area contributed by atoms with E-state index in [1.165, 1.54) is 0 Å². The molecule has 116 valence electrons. The molecule has 2 atom stereocenters. The van der Waals surface area contributed by atoms with E-state index in [1.54, 1.807) is 6.20 Å². The topological polar surface area (TPSA) is 47.8 Å². The molecule has 3 heterocycles. The number of fused-ring (bicyclic) bond motifs is 2. The second kappa shape index (κ2) is 5.30. The first-order valence-corrected chi connectivity index (χ1v) is 8.11. The van der Waals surface area contributed by atoms with Crippen LogP contribution in [0.15, 0.2) is 47.4 Å². The Balaban J connectivity index is 1.94. The van der Waals surface area contributed by atoms with Gasteiger partial charge >= 0.3 is 0 Å². The third kappa shape index (κ3) is 2.25. The molecule has 2 unspecified atom stereocenters. The molecule has 0 saturated carbocycles. The third-order valence-corrected chi connectivity index (χ3v) is 5.01. The molecular formula is C19H19N3O. The van der Waals surface area contributed by atoms with Crippen molar-refractivity contribution in [2.24, 2.45) is 5.92 Å². The van der Waals surface area contributed by atoms with Crippen molar-refractivity contribution >= 4 is 10.9 Å². The Labute approximate surface area is 134 Å². The fraction of sp³-hybridized carbons (Fsp3) is 0.316. The Morgan fingerprint density at radius 2 is 2.04 bits per heavy atom. The largest absolute Gasteiger partial charge is 0.296 e. The predicted octanol–water partition coefficient (Wildman–Crippen LogP) is 3.60. The summed E-state index contributed by atoms with van der Waals surface area (Å²) in [5, 5.41) is 0.690. The van der Waals surface area contributed by atoms with Gasteiger partial charge in [0.05, 0.1) is 16.6 Å². The van der Waals surface area contributed by atoms with Crippen LogP contribution < -0.4 is 5.56 Å². The molecule has 1 aromatic carbocycles. The van der Waals surface area contributed by atoms with Gasteiger partial charge in [-0.3, -0.25) is 14.3 Å². The van der Waals surface area contributed by atoms with Crippen LogP contribution in [-0.2, 0) is 6.54 Å². The quantitative estimate of drug-likeness (QED) is 0.690. The average Bonchev–Trinajstić information content (AvgIpc) is 2.59. The molecule has 1 aliphatic rings. The van der Waals surface area contributed by atoms with E-state index in [-0.39, 0.29) is 5.56 Å². The van der Waals surface area contributed by atoms with Crippen LogP contribution >= 0.6 is 0 Å². The molecule has 0 radical (unpaired) electrons. The van der Waals surface area contributed by atoms with Gasteiger partial charge in [-0.05, 0) is 36.6 Å². The van der Waals surface area contributed by atoms with E-state index in [9.17, 15) is 4.79 Å². The lowest BCUT2D eigenvalue weighted by Gasteiger charge is -2.28. The fourth-order valence-corrected chi connectivity index (χ4v) is 3.33. The fourth-order valence-electron chi connectivity index (χ4n) is 3.33. The molecule has 4 heteroatoms. The van der Waals surface area contributed by atoms with Gasteiger partial charge in [-0.2, -0.15) is 0 Å². The number of hydrogen-bond donors (Lipinski definition) is 0. The van der Waals surface area contributed by atoms with Crippen LogP contribution in [0.1, 0.15) is 32.0 Å². The maximum Gasteiger partial charge on any atom is 0.261 e. The van der Waals surface area contributed by atoms with Crippen molar-refractivity contribution in [3.05, 3.63) is 58.8 Å². The molecule has 0 spiro atoms. The summed E-state index contributed by atoms with van der Waals surface area (Å²) >= 11 is 0. The van der Waals surface area contributed by atoms with E-state index in [4.69, 9.17) is 4.98 Å². The van der Waals surface area contributed by atoms with Crippen molar-refractivity contribution in [2.75, 3.05) is 0 Å². The molecule has 1 aliphatic heterocycles. The number of aromatic nitrogens is 3. The predicted molar refractivity (Wildman–Crippen MR) is 91.4 cm³/mol. The van der Waals surface area contributed by atoms with Gasteiger partial charge in [0.1, 0.15) is 5.82 Å². The average molecular weight is 305 g/mol. The van der Waals surface area contributed by atoms with Crippen molar-refractivity contribution < 1.29 is 0 Å². The number of hydrogen-bond acceptors (Lipinski definition) is 3. The number of nitrogens with zero attached hydrogens (tertiary/aromatic N) is 3. The van der Waals surface area contributed by atoms with Gasteiger partial charge < -0.3 is 0 Å². The maximum atomic E-state index is 12.8. The zero-order valence-electron chi connectivity index (χ0n) is 13.4. The van der Waals surface area contributed by atoms with Gasteiger partial charge in [0, 0.05) is 24.2 Å². The SMILES string of the molecule is CC1CCn2c(nc3cc(-c4ccccn4)ccc3c2=O)C1C. The molecule has 0 amide bonds. The minimum atomic E-state index is 0.0799. The van der Waals surface area contributed by atoms with E-state index >= 15 is 0 Å². The molecule has 0 aliphatic carbocycles. The first-order chi connectivity index (χ1) is 11.1. The third-order valence-electron chi connectivity index (χ3n) is 5.01. The van der Waals surface area contributed by atoms with Crippen molar-refractivity contribution in [1.82, 2.24) is 14.5 Å². The summed E-state index contributed by atoms with van der Waals surface area (Å²) in [7, 11) is 0. The van der Waals surface area contributed by atoms with Crippen LogP contribution in [0.3, 0.4) is 0 Å². The Kier molecular flexibility index (Phi) is 3.26. The summed E-state index contributed by atoms with van der Waals surface area (Å²) in [5.41, 5.74) is 2.74. The first kappa shape index (κ1) is 14.1. The van der Waals surface area contributed by atoms with E-state index in [0.29, 0.717) is 17.2 Å². The molecule has 4 rings (SSSR count). The molecule has 2 aromatic heterocycles. The Morgan fingerprint density at radius 3 is 2.83 bits per heavy atom. The standard InChI is InChI=1S/C19H19N3O/c1-12-8-10-22-18(13(12)2)21-17-11-14(6-7-15(17)19(22)23)16-5-3-4-9-20-16/h3-7,9,11-13H,8,10H2,1-2H3. The van der Waals surface area contributed by atoms with Gasteiger partial charge in [-0.15, -0.1) is 0 Å². The molecular weight excluding hydrogens is 286 g/mol. The molecule has 0 N–H and O–H groups in total. The van der Waals surface area contributed by atoms with Crippen molar-refractivity contribution in [2.45, 2.75) is 32.7 Å². The zero-order valence-corrected chi connectivity index (χ0v) is 13.4. The van der Waals surface area contributed by atoms with Crippen molar-refractivity contribution in [3.63, 3.8) is 0 Å². The molecule has 0 saturated heterocycles. The van der Waals surface area contributed by atoms with Crippen LogP contribution in [0.5, 0.6) is 0 Å². The number of pyridine rings is 1. The Hall–Kier alpha value is -2.49.